The van der Waals surface area contributed by atoms with Gasteiger partial charge in [-0.05, 0) is 12.8 Å². The second kappa shape index (κ2) is 5.39. The number of nitrogens with one attached hydrogen (secondary N) is 1. The van der Waals surface area contributed by atoms with E-state index in [1.54, 1.807) is 0 Å². The van der Waals surface area contributed by atoms with Crippen molar-refractivity contribution in [1.82, 2.24) is 4.98 Å². The lowest BCUT2D eigenvalue weighted by Crippen LogP contribution is -2.32. The molecule has 2 aromatic rings. The van der Waals surface area contributed by atoms with Crippen molar-refractivity contribution in [2.75, 3.05) is 18.5 Å². The van der Waals surface area contributed by atoms with Crippen LogP contribution in [0.4, 0.5) is 5.13 Å². The molecule has 0 radical (unpaired) electrons. The third kappa shape index (κ3) is 2.39. The summed E-state index contributed by atoms with van der Waals surface area (Å²) in [5.74, 6) is 1.14. The zero-order chi connectivity index (χ0) is 15.9. The minimum Gasteiger partial charge on any atom is -0.486 e. The van der Waals surface area contributed by atoms with Gasteiger partial charge in [-0.1, -0.05) is 24.2 Å². The van der Waals surface area contributed by atoms with Crippen LogP contribution in [0.25, 0.3) is 10.2 Å². The zero-order valence-corrected chi connectivity index (χ0v) is 13.2. The topological polar surface area (TPSA) is 84.2 Å². The molecular weight excluding hydrogens is 314 g/mol. The zero-order valence-electron chi connectivity index (χ0n) is 12.4. The van der Waals surface area contributed by atoms with Crippen LogP contribution in [0.5, 0.6) is 11.5 Å². The van der Waals surface area contributed by atoms with Crippen LogP contribution in [0.3, 0.4) is 0 Å². The van der Waals surface area contributed by atoms with Gasteiger partial charge in [0.15, 0.2) is 16.6 Å². The lowest BCUT2D eigenvalue weighted by Gasteiger charge is -2.17. The number of benzene rings is 1. The molecule has 0 unspecified atom stereocenters. The first-order chi connectivity index (χ1) is 11.2. The molecule has 0 saturated heterocycles. The first-order valence-electron chi connectivity index (χ1n) is 7.63. The van der Waals surface area contributed by atoms with Gasteiger partial charge in [-0.15, -0.1) is 0 Å². The van der Waals surface area contributed by atoms with Gasteiger partial charge in [0.05, 0.1) is 16.3 Å². The highest BCUT2D eigenvalue weighted by molar-refractivity contribution is 7.22. The van der Waals surface area contributed by atoms with E-state index in [-0.39, 0.29) is 5.91 Å². The summed E-state index contributed by atoms with van der Waals surface area (Å²) in [6, 6.07) is 5.91. The summed E-state index contributed by atoms with van der Waals surface area (Å²) in [6.07, 6.45) is 3.08. The third-order valence-corrected chi connectivity index (χ3v) is 5.31. The van der Waals surface area contributed by atoms with Gasteiger partial charge >= 0.3 is 0 Å². The lowest BCUT2D eigenvalue weighted by atomic mass is 9.87. The molecule has 6 nitrogen and oxygen atoms in total. The van der Waals surface area contributed by atoms with Crippen molar-refractivity contribution in [1.29, 1.82) is 5.26 Å². The van der Waals surface area contributed by atoms with Gasteiger partial charge in [0.2, 0.25) is 5.91 Å². The number of fused-ring (bicyclic) bond motifs is 2. The van der Waals surface area contributed by atoms with E-state index in [4.69, 9.17) is 9.47 Å². The molecule has 1 saturated carbocycles. The molecule has 118 valence electrons. The molecule has 1 fully saturated rings. The van der Waals surface area contributed by atoms with Crippen molar-refractivity contribution < 1.29 is 14.3 Å². The Morgan fingerprint density at radius 2 is 1.96 bits per heavy atom. The molecule has 1 aromatic heterocycles. The fourth-order valence-electron chi connectivity index (χ4n) is 3.10. The Morgan fingerprint density at radius 1 is 1.26 bits per heavy atom. The fourth-order valence-corrected chi connectivity index (χ4v) is 3.97. The number of ether oxygens (including phenoxy) is 2. The molecule has 0 bridgehead atoms. The van der Waals surface area contributed by atoms with E-state index in [1.807, 2.05) is 12.1 Å². The summed E-state index contributed by atoms with van der Waals surface area (Å²) >= 11 is 1.38. The van der Waals surface area contributed by atoms with Crippen LogP contribution in [-0.2, 0) is 4.79 Å². The normalized spacial score (nSPS) is 18.6. The van der Waals surface area contributed by atoms with E-state index < -0.39 is 5.41 Å². The summed E-state index contributed by atoms with van der Waals surface area (Å²) in [5.41, 5.74) is -0.143. The first-order valence-corrected chi connectivity index (χ1v) is 8.45. The van der Waals surface area contributed by atoms with Crippen LogP contribution in [0.15, 0.2) is 12.1 Å². The number of amides is 1. The van der Waals surface area contributed by atoms with Crippen molar-refractivity contribution in [3.8, 4) is 17.6 Å². The standard InChI is InChI=1S/C16H15N3O3S/c17-9-16(3-1-2-4-16)14(20)19-15-18-10-7-11-12(8-13(10)23-15)22-6-5-21-11/h7-8H,1-6H2,(H,18,19,20). The van der Waals surface area contributed by atoms with Crippen LogP contribution in [0.1, 0.15) is 25.7 Å². The molecule has 1 aliphatic carbocycles. The highest BCUT2D eigenvalue weighted by Gasteiger charge is 2.41. The van der Waals surface area contributed by atoms with Gasteiger partial charge in [0.25, 0.3) is 0 Å². The Labute approximate surface area is 137 Å². The van der Waals surface area contributed by atoms with Crippen LogP contribution in [0.2, 0.25) is 0 Å². The Hall–Kier alpha value is -2.33. The average Bonchev–Trinajstić information content (AvgIpc) is 3.19. The number of anilines is 1. The number of hydrogen-bond donors (Lipinski definition) is 1. The van der Waals surface area contributed by atoms with Crippen molar-refractivity contribution >= 4 is 32.6 Å². The third-order valence-electron chi connectivity index (χ3n) is 4.38. The van der Waals surface area contributed by atoms with Crippen LogP contribution in [-0.4, -0.2) is 24.1 Å². The quantitative estimate of drug-likeness (QED) is 0.915. The summed E-state index contributed by atoms with van der Waals surface area (Å²) in [5, 5.41) is 12.7. The number of nitrogens with zero attached hydrogens (tertiary/aromatic N) is 2. The van der Waals surface area contributed by atoms with E-state index >= 15 is 0 Å². The summed E-state index contributed by atoms with van der Waals surface area (Å²) in [4.78, 5) is 16.9. The van der Waals surface area contributed by atoms with Gasteiger partial charge in [-0.3, -0.25) is 4.79 Å². The first kappa shape index (κ1) is 14.3. The molecule has 0 atom stereocenters. The Bertz CT molecular complexity index is 775. The highest BCUT2D eigenvalue weighted by atomic mass is 32.1. The minimum absolute atomic E-state index is 0.242. The van der Waals surface area contributed by atoms with E-state index in [2.05, 4.69) is 16.4 Å². The SMILES string of the molecule is N#CC1(C(=O)Nc2nc3cc4c(cc3s2)OCCO4)CCCC1. The van der Waals surface area contributed by atoms with Gasteiger partial charge < -0.3 is 14.8 Å². The molecule has 2 aliphatic rings. The van der Waals surface area contributed by atoms with Crippen LogP contribution in [0, 0.1) is 16.7 Å². The number of carbonyl (C=O) groups is 1. The maximum Gasteiger partial charge on any atom is 0.246 e. The van der Waals surface area contributed by atoms with Gasteiger partial charge in [-0.2, -0.15) is 5.26 Å². The molecule has 4 rings (SSSR count). The largest absolute Gasteiger partial charge is 0.486 e. The maximum absolute atomic E-state index is 12.5. The van der Waals surface area contributed by atoms with Crippen LogP contribution >= 0.6 is 11.3 Å². The van der Waals surface area contributed by atoms with E-state index in [1.165, 1.54) is 11.3 Å². The van der Waals surface area contributed by atoms with Gasteiger partial charge in [0, 0.05) is 12.1 Å². The number of hydrogen-bond acceptors (Lipinski definition) is 6. The molecular formula is C16H15N3O3S. The summed E-state index contributed by atoms with van der Waals surface area (Å²) in [6.45, 7) is 1.06. The molecule has 2 heterocycles. The number of nitriles is 1. The Kier molecular flexibility index (Phi) is 3.34. The maximum atomic E-state index is 12.5. The molecule has 0 spiro atoms. The predicted molar refractivity (Wildman–Crippen MR) is 85.8 cm³/mol. The summed E-state index contributed by atoms with van der Waals surface area (Å²) < 4.78 is 12.0. The molecule has 23 heavy (non-hydrogen) atoms. The molecule has 7 heteroatoms. The van der Waals surface area contributed by atoms with Crippen molar-refractivity contribution in [3.05, 3.63) is 12.1 Å². The fraction of sp³-hybridized carbons (Fsp3) is 0.438. The van der Waals surface area contributed by atoms with E-state index in [0.29, 0.717) is 42.7 Å². The van der Waals surface area contributed by atoms with Gasteiger partial charge in [0.1, 0.15) is 18.6 Å². The van der Waals surface area contributed by atoms with Crippen molar-refractivity contribution in [2.24, 2.45) is 5.41 Å². The predicted octanol–water partition coefficient (Wildman–Crippen LogP) is 3.09. The van der Waals surface area contributed by atoms with E-state index in [0.717, 1.165) is 23.1 Å². The molecule has 1 amide bonds. The molecule has 1 N–H and O–H groups in total. The Balaban J connectivity index is 1.62. The van der Waals surface area contributed by atoms with E-state index in [9.17, 15) is 10.1 Å². The van der Waals surface area contributed by atoms with Crippen molar-refractivity contribution in [2.45, 2.75) is 25.7 Å². The number of aromatic nitrogens is 1. The second-order valence-electron chi connectivity index (χ2n) is 5.84. The van der Waals surface area contributed by atoms with Crippen molar-refractivity contribution in [3.63, 3.8) is 0 Å². The second-order valence-corrected chi connectivity index (χ2v) is 6.87. The number of rotatable bonds is 2. The number of carbonyl (C=O) groups excluding carboxylic acids is 1. The average molecular weight is 329 g/mol. The molecule has 1 aliphatic heterocycles. The van der Waals surface area contributed by atoms with Gasteiger partial charge in [-0.25, -0.2) is 4.98 Å². The van der Waals surface area contributed by atoms with Crippen LogP contribution < -0.4 is 14.8 Å². The monoisotopic (exact) mass is 329 g/mol. The Morgan fingerprint density at radius 3 is 2.65 bits per heavy atom. The smallest absolute Gasteiger partial charge is 0.246 e. The minimum atomic E-state index is -0.899. The summed E-state index contributed by atoms with van der Waals surface area (Å²) in [7, 11) is 0. The number of thiazole rings is 1. The lowest BCUT2D eigenvalue weighted by molar-refractivity contribution is -0.122. The molecule has 1 aromatic carbocycles. The highest BCUT2D eigenvalue weighted by Crippen LogP contribution is 2.40.